The summed E-state index contributed by atoms with van der Waals surface area (Å²) in [6.45, 7) is 3.93. The minimum atomic E-state index is -1.03. The van der Waals surface area contributed by atoms with Gasteiger partial charge in [-0.05, 0) is 17.5 Å². The van der Waals surface area contributed by atoms with E-state index in [2.05, 4.69) is 0 Å². The molecule has 0 saturated heterocycles. The molecule has 3 N–H and O–H groups in total. The Morgan fingerprint density at radius 1 is 1.35 bits per heavy atom. The monoisotopic (exact) mass is 329 g/mol. The van der Waals surface area contributed by atoms with Gasteiger partial charge in [0, 0.05) is 10.4 Å². The van der Waals surface area contributed by atoms with Crippen LogP contribution < -0.4 is 5.73 Å². The molecule has 0 aliphatic heterocycles. The largest absolute Gasteiger partial charge is 0.477 e. The Bertz CT molecular complexity index is 680. The van der Waals surface area contributed by atoms with Crippen LogP contribution in [0.15, 0.2) is 18.2 Å². The maximum absolute atomic E-state index is 11.3. The van der Waals surface area contributed by atoms with E-state index in [4.69, 9.17) is 28.9 Å². The average molecular weight is 330 g/mol. The van der Waals surface area contributed by atoms with Crippen molar-refractivity contribution in [1.29, 1.82) is 0 Å². The SMILES string of the molecule is CC(C)c1c(-c2cccc(Cl)c2Cl)sc(C(=O)O)c1N. The van der Waals surface area contributed by atoms with Crippen molar-refractivity contribution >= 4 is 46.2 Å². The van der Waals surface area contributed by atoms with Gasteiger partial charge < -0.3 is 10.8 Å². The number of nitrogen functional groups attached to an aromatic ring is 1. The maximum Gasteiger partial charge on any atom is 0.348 e. The van der Waals surface area contributed by atoms with Crippen LogP contribution in [0.25, 0.3) is 10.4 Å². The van der Waals surface area contributed by atoms with Crippen molar-refractivity contribution in [3.8, 4) is 10.4 Å². The van der Waals surface area contributed by atoms with Gasteiger partial charge in [0.25, 0.3) is 0 Å². The zero-order chi connectivity index (χ0) is 15.0. The minimum Gasteiger partial charge on any atom is -0.477 e. The zero-order valence-electron chi connectivity index (χ0n) is 10.9. The van der Waals surface area contributed by atoms with E-state index in [1.165, 1.54) is 0 Å². The molecule has 0 aliphatic rings. The maximum atomic E-state index is 11.3. The van der Waals surface area contributed by atoms with E-state index < -0.39 is 5.97 Å². The van der Waals surface area contributed by atoms with E-state index in [0.29, 0.717) is 21.3 Å². The number of aromatic carboxylic acids is 1. The molecule has 0 saturated carbocycles. The molecule has 2 aromatic rings. The van der Waals surface area contributed by atoms with Crippen molar-refractivity contribution in [2.75, 3.05) is 5.73 Å². The van der Waals surface area contributed by atoms with E-state index in [1.807, 2.05) is 19.9 Å². The fraction of sp³-hybridized carbons (Fsp3) is 0.214. The summed E-state index contributed by atoms with van der Waals surface area (Å²) in [7, 11) is 0. The quantitative estimate of drug-likeness (QED) is 0.820. The Balaban J connectivity index is 2.76. The molecule has 6 heteroatoms. The molecule has 2 rings (SSSR count). The second-order valence-electron chi connectivity index (χ2n) is 4.65. The van der Waals surface area contributed by atoms with Crippen molar-refractivity contribution in [1.82, 2.24) is 0 Å². The zero-order valence-corrected chi connectivity index (χ0v) is 13.2. The number of nitrogens with two attached hydrogens (primary N) is 1. The van der Waals surface area contributed by atoms with Crippen LogP contribution in [0.5, 0.6) is 0 Å². The molecule has 0 aliphatic carbocycles. The third kappa shape index (κ3) is 2.51. The molecule has 0 bridgehead atoms. The molecule has 3 nitrogen and oxygen atoms in total. The Morgan fingerprint density at radius 3 is 2.55 bits per heavy atom. The highest BCUT2D eigenvalue weighted by molar-refractivity contribution is 7.18. The Labute approximate surface area is 130 Å². The molecule has 1 heterocycles. The number of carboxylic acid groups (broad SMARTS) is 1. The molecule has 106 valence electrons. The summed E-state index contributed by atoms with van der Waals surface area (Å²) in [5, 5.41) is 10.1. The lowest BCUT2D eigenvalue weighted by atomic mass is 9.98. The summed E-state index contributed by atoms with van der Waals surface area (Å²) in [4.78, 5) is 12.2. The number of halogens is 2. The summed E-state index contributed by atoms with van der Waals surface area (Å²) in [6, 6.07) is 5.29. The first-order valence-corrected chi connectivity index (χ1v) is 7.51. The van der Waals surface area contributed by atoms with E-state index in [0.717, 1.165) is 21.8 Å². The summed E-state index contributed by atoms with van der Waals surface area (Å²) >= 11 is 13.4. The van der Waals surface area contributed by atoms with Crippen LogP contribution in [0.3, 0.4) is 0 Å². The topological polar surface area (TPSA) is 63.3 Å². The predicted molar refractivity (Wildman–Crippen MR) is 85.2 cm³/mol. The second kappa shape index (κ2) is 5.64. The Morgan fingerprint density at radius 2 is 2.00 bits per heavy atom. The van der Waals surface area contributed by atoms with Crippen molar-refractivity contribution in [2.45, 2.75) is 19.8 Å². The molecule has 0 atom stereocenters. The van der Waals surface area contributed by atoms with Gasteiger partial charge in [0.05, 0.1) is 15.7 Å². The van der Waals surface area contributed by atoms with Crippen LogP contribution in [0.2, 0.25) is 10.0 Å². The van der Waals surface area contributed by atoms with Crippen molar-refractivity contribution < 1.29 is 9.90 Å². The van der Waals surface area contributed by atoms with E-state index >= 15 is 0 Å². The van der Waals surface area contributed by atoms with Gasteiger partial charge in [0.2, 0.25) is 0 Å². The lowest BCUT2D eigenvalue weighted by Crippen LogP contribution is -2.00. The number of carboxylic acids is 1. The Kier molecular flexibility index (Phi) is 4.28. The molecular formula is C14H13Cl2NO2S. The van der Waals surface area contributed by atoms with Gasteiger partial charge in [-0.25, -0.2) is 4.79 Å². The van der Waals surface area contributed by atoms with Gasteiger partial charge in [0.15, 0.2) is 0 Å². The molecule has 1 aromatic carbocycles. The molecule has 1 aromatic heterocycles. The van der Waals surface area contributed by atoms with Crippen LogP contribution in [0, 0.1) is 0 Å². The van der Waals surface area contributed by atoms with Gasteiger partial charge in [-0.3, -0.25) is 0 Å². The van der Waals surface area contributed by atoms with E-state index in [1.54, 1.807) is 12.1 Å². The number of hydrogen-bond acceptors (Lipinski definition) is 3. The highest BCUT2D eigenvalue weighted by Crippen LogP contribution is 2.45. The summed E-state index contributed by atoms with van der Waals surface area (Å²) in [5.41, 5.74) is 7.81. The second-order valence-corrected chi connectivity index (χ2v) is 6.45. The molecule has 0 amide bonds. The molecule has 20 heavy (non-hydrogen) atoms. The van der Waals surface area contributed by atoms with Crippen molar-refractivity contribution in [3.05, 3.63) is 38.7 Å². The van der Waals surface area contributed by atoms with Crippen LogP contribution in [0.1, 0.15) is 35.0 Å². The van der Waals surface area contributed by atoms with E-state index in [9.17, 15) is 9.90 Å². The lowest BCUT2D eigenvalue weighted by Gasteiger charge is -2.10. The lowest BCUT2D eigenvalue weighted by molar-refractivity contribution is 0.0703. The van der Waals surface area contributed by atoms with Crippen molar-refractivity contribution in [2.24, 2.45) is 0 Å². The number of benzene rings is 1. The first kappa shape index (κ1) is 15.2. The molecule has 0 radical (unpaired) electrons. The number of thiophene rings is 1. The predicted octanol–water partition coefficient (Wildman–Crippen LogP) is 5.13. The summed E-state index contributed by atoms with van der Waals surface area (Å²) in [6.07, 6.45) is 0. The number of hydrogen-bond donors (Lipinski definition) is 2. The van der Waals surface area contributed by atoms with Gasteiger partial charge >= 0.3 is 5.97 Å². The number of anilines is 1. The highest BCUT2D eigenvalue weighted by atomic mass is 35.5. The first-order chi connectivity index (χ1) is 9.34. The molecule has 0 spiro atoms. The fourth-order valence-corrected chi connectivity index (χ4v) is 3.77. The Hall–Kier alpha value is -1.23. The van der Waals surface area contributed by atoms with Gasteiger partial charge in [-0.15, -0.1) is 11.3 Å². The molecular weight excluding hydrogens is 317 g/mol. The molecule has 0 fully saturated rings. The molecule has 0 unspecified atom stereocenters. The van der Waals surface area contributed by atoms with Crippen LogP contribution in [0.4, 0.5) is 5.69 Å². The number of rotatable bonds is 3. The minimum absolute atomic E-state index is 0.0874. The average Bonchev–Trinajstić information content (AvgIpc) is 2.70. The fourth-order valence-electron chi connectivity index (χ4n) is 2.07. The van der Waals surface area contributed by atoms with Gasteiger partial charge in [-0.2, -0.15) is 0 Å². The first-order valence-electron chi connectivity index (χ1n) is 5.94. The smallest absolute Gasteiger partial charge is 0.348 e. The summed E-state index contributed by atoms with van der Waals surface area (Å²) < 4.78 is 0. The van der Waals surface area contributed by atoms with Gasteiger partial charge in [-0.1, -0.05) is 49.2 Å². The van der Waals surface area contributed by atoms with Crippen LogP contribution in [-0.2, 0) is 0 Å². The van der Waals surface area contributed by atoms with E-state index in [-0.39, 0.29) is 10.8 Å². The van der Waals surface area contributed by atoms with Crippen LogP contribution >= 0.6 is 34.5 Å². The van der Waals surface area contributed by atoms with Gasteiger partial charge in [0.1, 0.15) is 4.88 Å². The van der Waals surface area contributed by atoms with Crippen LogP contribution in [-0.4, -0.2) is 11.1 Å². The number of carbonyl (C=O) groups is 1. The normalized spacial score (nSPS) is 11.1. The highest BCUT2D eigenvalue weighted by Gasteiger charge is 2.24. The third-order valence-electron chi connectivity index (χ3n) is 2.95. The standard InChI is InChI=1S/C14H13Cl2NO2S/c1-6(2)9-11(17)13(14(18)19)20-12(9)7-4-3-5-8(15)10(7)16/h3-6H,17H2,1-2H3,(H,18,19). The van der Waals surface area contributed by atoms with Crippen molar-refractivity contribution in [3.63, 3.8) is 0 Å². The summed E-state index contributed by atoms with van der Waals surface area (Å²) in [5.74, 6) is -0.941. The third-order valence-corrected chi connectivity index (χ3v) is 5.01.